The second-order valence-corrected chi connectivity index (χ2v) is 4.27. The number of nitrogens with one attached hydrogen (secondary N) is 1. The molecule has 2 rings (SSSR count). The van der Waals surface area contributed by atoms with Gasteiger partial charge in [-0.3, -0.25) is 9.67 Å². The minimum absolute atomic E-state index is 0.0820. The van der Waals surface area contributed by atoms with Gasteiger partial charge in [-0.1, -0.05) is 0 Å². The van der Waals surface area contributed by atoms with Crippen molar-refractivity contribution in [3.05, 3.63) is 10.6 Å². The van der Waals surface area contributed by atoms with E-state index in [1.165, 1.54) is 6.42 Å². The molecule has 1 atom stereocenters. The lowest BCUT2D eigenvalue weighted by Gasteiger charge is -2.22. The van der Waals surface area contributed by atoms with Gasteiger partial charge in [-0.25, -0.2) is 0 Å². The van der Waals surface area contributed by atoms with Crippen molar-refractivity contribution in [1.29, 1.82) is 0 Å². The van der Waals surface area contributed by atoms with E-state index >= 15 is 0 Å². The van der Waals surface area contributed by atoms with E-state index in [4.69, 9.17) is 21.7 Å². The Kier molecular flexibility index (Phi) is 4.09. The zero-order chi connectivity index (χ0) is 11.4. The standard InChI is InChI=1S/C10H17N3O2S/c1-14-7-5-13-9(11-12-10(13)16)8-4-2-3-6-15-8/h8H,2-7H2,1H3,(H,12,16). The Morgan fingerprint density at radius 2 is 2.50 bits per heavy atom. The number of hydrogen-bond acceptors (Lipinski definition) is 4. The van der Waals surface area contributed by atoms with Gasteiger partial charge in [-0.2, -0.15) is 5.10 Å². The first kappa shape index (κ1) is 11.8. The number of rotatable bonds is 4. The molecule has 0 amide bonds. The van der Waals surface area contributed by atoms with Crippen LogP contribution in [0, 0.1) is 4.77 Å². The minimum atomic E-state index is 0.0820. The molecule has 2 heterocycles. The summed E-state index contributed by atoms with van der Waals surface area (Å²) in [4.78, 5) is 0. The third-order valence-electron chi connectivity index (χ3n) is 2.77. The molecule has 0 saturated carbocycles. The van der Waals surface area contributed by atoms with Gasteiger partial charge in [0.1, 0.15) is 6.10 Å². The van der Waals surface area contributed by atoms with E-state index in [9.17, 15) is 0 Å². The van der Waals surface area contributed by atoms with Crippen LogP contribution in [0.2, 0.25) is 0 Å². The fraction of sp³-hybridized carbons (Fsp3) is 0.800. The molecule has 1 unspecified atom stereocenters. The Bertz CT molecular complexity index is 382. The summed E-state index contributed by atoms with van der Waals surface area (Å²) in [7, 11) is 1.68. The van der Waals surface area contributed by atoms with Crippen molar-refractivity contribution < 1.29 is 9.47 Å². The molecule has 0 aliphatic carbocycles. The van der Waals surface area contributed by atoms with Gasteiger partial charge < -0.3 is 9.47 Å². The Balaban J connectivity index is 2.15. The highest BCUT2D eigenvalue weighted by Crippen LogP contribution is 2.26. The lowest BCUT2D eigenvalue weighted by Crippen LogP contribution is -2.18. The van der Waals surface area contributed by atoms with Gasteiger partial charge in [0.15, 0.2) is 10.6 Å². The summed E-state index contributed by atoms with van der Waals surface area (Å²) in [6.45, 7) is 2.17. The molecule has 0 aromatic carbocycles. The van der Waals surface area contributed by atoms with E-state index in [1.807, 2.05) is 4.57 Å². The molecule has 1 aliphatic rings. The van der Waals surface area contributed by atoms with Crippen molar-refractivity contribution in [2.75, 3.05) is 20.3 Å². The van der Waals surface area contributed by atoms with Gasteiger partial charge in [-0.05, 0) is 31.5 Å². The van der Waals surface area contributed by atoms with Gasteiger partial charge in [0.2, 0.25) is 0 Å². The Morgan fingerprint density at radius 1 is 1.62 bits per heavy atom. The first-order chi connectivity index (χ1) is 7.83. The third-order valence-corrected chi connectivity index (χ3v) is 3.09. The highest BCUT2D eigenvalue weighted by Gasteiger charge is 2.21. The number of H-pyrrole nitrogens is 1. The number of nitrogens with zero attached hydrogens (tertiary/aromatic N) is 2. The topological polar surface area (TPSA) is 52.1 Å². The Morgan fingerprint density at radius 3 is 3.19 bits per heavy atom. The number of methoxy groups -OCH3 is 1. The van der Waals surface area contributed by atoms with Gasteiger partial charge in [0.25, 0.3) is 0 Å². The minimum Gasteiger partial charge on any atom is -0.383 e. The molecule has 1 saturated heterocycles. The highest BCUT2D eigenvalue weighted by molar-refractivity contribution is 7.71. The molecule has 6 heteroatoms. The van der Waals surface area contributed by atoms with Crippen molar-refractivity contribution in [2.45, 2.75) is 31.9 Å². The lowest BCUT2D eigenvalue weighted by molar-refractivity contribution is 0.00647. The summed E-state index contributed by atoms with van der Waals surface area (Å²) in [6.07, 6.45) is 3.43. The van der Waals surface area contributed by atoms with Crippen LogP contribution < -0.4 is 0 Å². The van der Waals surface area contributed by atoms with E-state index in [-0.39, 0.29) is 6.10 Å². The second kappa shape index (κ2) is 5.56. The summed E-state index contributed by atoms with van der Waals surface area (Å²) < 4.78 is 13.4. The van der Waals surface area contributed by atoms with E-state index in [0.29, 0.717) is 11.4 Å². The second-order valence-electron chi connectivity index (χ2n) is 3.89. The van der Waals surface area contributed by atoms with Crippen molar-refractivity contribution in [3.8, 4) is 0 Å². The fourth-order valence-electron chi connectivity index (χ4n) is 1.92. The van der Waals surface area contributed by atoms with E-state index in [2.05, 4.69) is 10.2 Å². The zero-order valence-electron chi connectivity index (χ0n) is 9.44. The van der Waals surface area contributed by atoms with Crippen LogP contribution >= 0.6 is 12.2 Å². The predicted octanol–water partition coefficient (Wildman–Crippen LogP) is 1.83. The highest BCUT2D eigenvalue weighted by atomic mass is 32.1. The van der Waals surface area contributed by atoms with E-state index in [0.717, 1.165) is 31.8 Å². The molecule has 1 aromatic rings. The first-order valence-electron chi connectivity index (χ1n) is 5.58. The van der Waals surface area contributed by atoms with Crippen LogP contribution in [0.25, 0.3) is 0 Å². The molecule has 1 fully saturated rings. The summed E-state index contributed by atoms with van der Waals surface area (Å²) >= 11 is 5.19. The normalized spacial score (nSPS) is 21.2. The molecule has 0 spiro atoms. The van der Waals surface area contributed by atoms with Crippen LogP contribution in [-0.4, -0.2) is 35.1 Å². The summed E-state index contributed by atoms with van der Waals surface area (Å²) in [5, 5.41) is 7.08. The molecule has 16 heavy (non-hydrogen) atoms. The smallest absolute Gasteiger partial charge is 0.195 e. The SMILES string of the molecule is COCCn1c(C2CCCCO2)n[nH]c1=S. The average molecular weight is 243 g/mol. The third kappa shape index (κ3) is 2.50. The lowest BCUT2D eigenvalue weighted by atomic mass is 10.1. The zero-order valence-corrected chi connectivity index (χ0v) is 10.3. The molecular weight excluding hydrogens is 226 g/mol. The van der Waals surface area contributed by atoms with Crippen molar-refractivity contribution >= 4 is 12.2 Å². The van der Waals surface area contributed by atoms with Gasteiger partial charge in [0.05, 0.1) is 13.2 Å². The molecule has 0 bridgehead atoms. The monoisotopic (exact) mass is 243 g/mol. The predicted molar refractivity (Wildman–Crippen MR) is 61.8 cm³/mol. The summed E-state index contributed by atoms with van der Waals surface area (Å²) in [6, 6.07) is 0. The molecule has 0 radical (unpaired) electrons. The van der Waals surface area contributed by atoms with Gasteiger partial charge in [0, 0.05) is 13.7 Å². The summed E-state index contributed by atoms with van der Waals surface area (Å²) in [5.41, 5.74) is 0. The van der Waals surface area contributed by atoms with Crippen molar-refractivity contribution in [3.63, 3.8) is 0 Å². The maximum absolute atomic E-state index is 5.71. The van der Waals surface area contributed by atoms with Gasteiger partial charge >= 0.3 is 0 Å². The van der Waals surface area contributed by atoms with Crippen LogP contribution in [0.15, 0.2) is 0 Å². The van der Waals surface area contributed by atoms with E-state index in [1.54, 1.807) is 7.11 Å². The average Bonchev–Trinajstić information content (AvgIpc) is 2.69. The summed E-state index contributed by atoms with van der Waals surface area (Å²) in [5.74, 6) is 0.904. The number of hydrogen-bond donors (Lipinski definition) is 1. The molecule has 1 aromatic heterocycles. The van der Waals surface area contributed by atoms with Crippen molar-refractivity contribution in [1.82, 2.24) is 14.8 Å². The van der Waals surface area contributed by atoms with Crippen LogP contribution in [0.3, 0.4) is 0 Å². The molecular formula is C10H17N3O2S. The Labute approximate surface area is 99.8 Å². The first-order valence-corrected chi connectivity index (χ1v) is 5.99. The van der Waals surface area contributed by atoms with Crippen LogP contribution in [0.5, 0.6) is 0 Å². The molecule has 1 aliphatic heterocycles. The maximum Gasteiger partial charge on any atom is 0.195 e. The van der Waals surface area contributed by atoms with Crippen molar-refractivity contribution in [2.24, 2.45) is 0 Å². The Hall–Kier alpha value is -0.720. The van der Waals surface area contributed by atoms with Crippen LogP contribution in [0.1, 0.15) is 31.2 Å². The van der Waals surface area contributed by atoms with E-state index < -0.39 is 0 Å². The number of aromatic nitrogens is 3. The molecule has 5 nitrogen and oxygen atoms in total. The quantitative estimate of drug-likeness (QED) is 0.820. The van der Waals surface area contributed by atoms with Gasteiger partial charge in [-0.15, -0.1) is 0 Å². The largest absolute Gasteiger partial charge is 0.383 e. The maximum atomic E-state index is 5.71. The number of aromatic amines is 1. The van der Waals surface area contributed by atoms with Crippen LogP contribution in [0.4, 0.5) is 0 Å². The van der Waals surface area contributed by atoms with Crippen LogP contribution in [-0.2, 0) is 16.0 Å². The fourth-order valence-corrected chi connectivity index (χ4v) is 2.15. The molecule has 1 N–H and O–H groups in total. The molecule has 90 valence electrons. The number of ether oxygens (including phenoxy) is 2.